The molecule has 0 heterocycles. The summed E-state index contributed by atoms with van der Waals surface area (Å²) in [5.74, 6) is -0.634. The van der Waals surface area contributed by atoms with Crippen molar-refractivity contribution in [3.8, 4) is 0 Å². The zero-order chi connectivity index (χ0) is 8.91. The van der Waals surface area contributed by atoms with Gasteiger partial charge in [-0.05, 0) is 0 Å². The zero-order valence-corrected chi connectivity index (χ0v) is 6.32. The molecule has 0 spiro atoms. The van der Waals surface area contributed by atoms with Crippen LogP contribution in [0.15, 0.2) is 0 Å². The molecule has 1 N–H and O–H groups in total. The highest BCUT2D eigenvalue weighted by molar-refractivity contribution is 7.85. The fourth-order valence-corrected chi connectivity index (χ4v) is 0.793. The summed E-state index contributed by atoms with van der Waals surface area (Å²) in [5.41, 5.74) is 0. The third-order valence-corrected chi connectivity index (χ3v) is 1.58. The standard InChI is InChI=1S/C4H7NO5S.2CH4/c6-3-5(4-7)1-2-11(8,9)10;;/h3-4H,1-2H2,(H,8,9,10);2*1H4. The molecule has 0 aliphatic rings. The number of imide groups is 1. The Labute approximate surface area is 78.3 Å². The minimum Gasteiger partial charge on any atom is -0.287 e. The number of carbonyl (C=O) groups excluding carboxylic acids is 2. The van der Waals surface area contributed by atoms with Gasteiger partial charge < -0.3 is 0 Å². The van der Waals surface area contributed by atoms with E-state index in [-0.39, 0.29) is 34.2 Å². The molecule has 0 saturated carbocycles. The van der Waals surface area contributed by atoms with Gasteiger partial charge in [0.1, 0.15) is 0 Å². The summed E-state index contributed by atoms with van der Waals surface area (Å²) in [4.78, 5) is 20.3. The monoisotopic (exact) mass is 213 g/mol. The molecule has 0 radical (unpaired) electrons. The van der Waals surface area contributed by atoms with E-state index in [4.69, 9.17) is 4.55 Å². The quantitative estimate of drug-likeness (QED) is 0.502. The third-order valence-electron chi connectivity index (χ3n) is 0.878. The molecule has 2 amide bonds. The summed E-state index contributed by atoms with van der Waals surface area (Å²) in [6.07, 6.45) is 0.358. The summed E-state index contributed by atoms with van der Waals surface area (Å²) in [6.45, 7) is -0.328. The van der Waals surface area contributed by atoms with Gasteiger partial charge in [0, 0.05) is 6.54 Å². The number of rotatable bonds is 5. The minimum atomic E-state index is -4.10. The lowest BCUT2D eigenvalue weighted by molar-refractivity contribution is -0.128. The van der Waals surface area contributed by atoms with Crippen LogP contribution in [0.25, 0.3) is 0 Å². The van der Waals surface area contributed by atoms with Gasteiger partial charge >= 0.3 is 0 Å². The Balaban J connectivity index is -0.000000500. The molecule has 0 aromatic rings. The molecule has 0 aromatic carbocycles. The van der Waals surface area contributed by atoms with Crippen LogP contribution in [0.4, 0.5) is 0 Å². The van der Waals surface area contributed by atoms with E-state index in [1.807, 2.05) is 0 Å². The Morgan fingerprint density at radius 3 is 1.77 bits per heavy atom. The summed E-state index contributed by atoms with van der Waals surface area (Å²) in [6, 6.07) is 0. The molecule has 0 aliphatic heterocycles. The maximum absolute atomic E-state index is 10.1. The first kappa shape index (κ1) is 18.0. The van der Waals surface area contributed by atoms with Crippen LogP contribution in [0, 0.1) is 0 Å². The van der Waals surface area contributed by atoms with Gasteiger partial charge in [0.25, 0.3) is 10.1 Å². The van der Waals surface area contributed by atoms with E-state index < -0.39 is 15.9 Å². The predicted octanol–water partition coefficient (Wildman–Crippen LogP) is -0.239. The molecule has 0 fully saturated rings. The van der Waals surface area contributed by atoms with Gasteiger partial charge in [-0.15, -0.1) is 0 Å². The fraction of sp³-hybridized carbons (Fsp3) is 0.667. The zero-order valence-electron chi connectivity index (χ0n) is 5.50. The predicted molar refractivity (Wildman–Crippen MR) is 48.7 cm³/mol. The highest BCUT2D eigenvalue weighted by Crippen LogP contribution is 1.83. The van der Waals surface area contributed by atoms with Gasteiger partial charge in [-0.1, -0.05) is 14.9 Å². The van der Waals surface area contributed by atoms with E-state index in [0.29, 0.717) is 4.90 Å². The normalized spacial score (nSPS) is 9.00. The Morgan fingerprint density at radius 2 is 1.54 bits per heavy atom. The van der Waals surface area contributed by atoms with Gasteiger partial charge in [0.05, 0.1) is 5.75 Å². The first-order valence-electron chi connectivity index (χ1n) is 2.61. The van der Waals surface area contributed by atoms with E-state index in [0.717, 1.165) is 0 Å². The largest absolute Gasteiger partial charge is 0.287 e. The van der Waals surface area contributed by atoms with Crippen molar-refractivity contribution in [1.82, 2.24) is 4.90 Å². The summed E-state index contributed by atoms with van der Waals surface area (Å²) in [5, 5.41) is 0. The van der Waals surface area contributed by atoms with E-state index in [1.165, 1.54) is 0 Å². The van der Waals surface area contributed by atoms with Gasteiger partial charge in [0.15, 0.2) is 0 Å². The third kappa shape index (κ3) is 11.0. The van der Waals surface area contributed by atoms with E-state index in [9.17, 15) is 18.0 Å². The summed E-state index contributed by atoms with van der Waals surface area (Å²) >= 11 is 0. The molecule has 7 heteroatoms. The second-order valence-corrected chi connectivity index (χ2v) is 3.31. The van der Waals surface area contributed by atoms with Crippen molar-refractivity contribution in [1.29, 1.82) is 0 Å². The molecular formula is C6H15NO5S. The second-order valence-electron chi connectivity index (χ2n) is 1.73. The molecule has 0 rings (SSSR count). The average Bonchev–Trinajstić information content (AvgIpc) is 1.88. The lowest BCUT2D eigenvalue weighted by Gasteiger charge is -2.05. The van der Waals surface area contributed by atoms with Crippen LogP contribution in [0.2, 0.25) is 0 Å². The van der Waals surface area contributed by atoms with Crippen molar-refractivity contribution < 1.29 is 22.6 Å². The lowest BCUT2D eigenvalue weighted by Crippen LogP contribution is -2.26. The molecule has 0 saturated heterocycles. The fourth-order valence-electron chi connectivity index (χ4n) is 0.351. The first-order valence-corrected chi connectivity index (χ1v) is 4.22. The summed E-state index contributed by atoms with van der Waals surface area (Å²) < 4.78 is 28.3. The van der Waals surface area contributed by atoms with Crippen molar-refractivity contribution in [2.24, 2.45) is 0 Å². The van der Waals surface area contributed by atoms with Crippen LogP contribution in [0.5, 0.6) is 0 Å². The molecule has 6 nitrogen and oxygen atoms in total. The number of hydrogen-bond donors (Lipinski definition) is 1. The Kier molecular flexibility index (Phi) is 10.6. The highest BCUT2D eigenvalue weighted by atomic mass is 32.2. The number of amides is 2. The van der Waals surface area contributed by atoms with Crippen LogP contribution in [0.1, 0.15) is 14.9 Å². The molecule has 80 valence electrons. The molecule has 0 aliphatic carbocycles. The van der Waals surface area contributed by atoms with Gasteiger partial charge in [-0.2, -0.15) is 8.42 Å². The van der Waals surface area contributed by atoms with Crippen molar-refractivity contribution in [3.63, 3.8) is 0 Å². The van der Waals surface area contributed by atoms with Gasteiger partial charge in [-0.25, -0.2) is 0 Å². The SMILES string of the molecule is C.C.O=CN(C=O)CCS(=O)(=O)O. The topological polar surface area (TPSA) is 91.8 Å². The highest BCUT2D eigenvalue weighted by Gasteiger charge is 2.07. The number of carbonyl (C=O) groups is 2. The van der Waals surface area contributed by atoms with Gasteiger partial charge in [-0.3, -0.25) is 19.0 Å². The van der Waals surface area contributed by atoms with E-state index >= 15 is 0 Å². The van der Waals surface area contributed by atoms with Crippen molar-refractivity contribution >= 4 is 22.9 Å². The van der Waals surface area contributed by atoms with Crippen LogP contribution >= 0.6 is 0 Å². The molecule has 0 bridgehead atoms. The second kappa shape index (κ2) is 7.69. The van der Waals surface area contributed by atoms with Crippen molar-refractivity contribution in [2.75, 3.05) is 12.3 Å². The van der Waals surface area contributed by atoms with E-state index in [1.54, 1.807) is 0 Å². The maximum Gasteiger partial charge on any atom is 0.266 e. The van der Waals surface area contributed by atoms with Crippen LogP contribution in [-0.4, -0.2) is 43.0 Å². The Bertz CT molecular complexity index is 227. The summed E-state index contributed by atoms with van der Waals surface area (Å²) in [7, 11) is -4.10. The average molecular weight is 213 g/mol. The molecule has 0 unspecified atom stereocenters. The smallest absolute Gasteiger partial charge is 0.266 e. The Hall–Kier alpha value is -0.950. The molecule has 0 aromatic heterocycles. The maximum atomic E-state index is 10.1. The Morgan fingerprint density at radius 1 is 1.15 bits per heavy atom. The molecule has 0 atom stereocenters. The lowest BCUT2D eigenvalue weighted by atomic mass is 10.7. The van der Waals surface area contributed by atoms with Crippen LogP contribution < -0.4 is 0 Å². The van der Waals surface area contributed by atoms with Crippen LogP contribution in [0.3, 0.4) is 0 Å². The number of nitrogens with zero attached hydrogens (tertiary/aromatic N) is 1. The number of hydrogen-bond acceptors (Lipinski definition) is 4. The van der Waals surface area contributed by atoms with Crippen LogP contribution in [-0.2, 0) is 19.7 Å². The van der Waals surface area contributed by atoms with Crippen molar-refractivity contribution in [2.45, 2.75) is 14.9 Å². The first-order chi connectivity index (χ1) is 4.99. The minimum absolute atomic E-state index is 0. The van der Waals surface area contributed by atoms with Crippen molar-refractivity contribution in [3.05, 3.63) is 0 Å². The van der Waals surface area contributed by atoms with E-state index in [2.05, 4.69) is 0 Å². The molecular weight excluding hydrogens is 198 g/mol. The van der Waals surface area contributed by atoms with Gasteiger partial charge in [0.2, 0.25) is 12.8 Å². The molecule has 13 heavy (non-hydrogen) atoms.